The van der Waals surface area contributed by atoms with Crippen LogP contribution in [-0.2, 0) is 20.9 Å². The predicted octanol–water partition coefficient (Wildman–Crippen LogP) is 3.95. The Morgan fingerprint density at radius 1 is 1.07 bits per heavy atom. The fourth-order valence-corrected chi connectivity index (χ4v) is 4.56. The largest absolute Gasteiger partial charge is 0.338 e. The lowest BCUT2D eigenvalue weighted by molar-refractivity contribution is -0.134. The van der Waals surface area contributed by atoms with Crippen molar-refractivity contribution in [3.63, 3.8) is 0 Å². The SMILES string of the molecule is O=C(Nc1cccc(CN2CCCCC2=O)c1)C1CCN(c2ccccc2Br)C1=O. The number of hydrogen-bond donors (Lipinski definition) is 1. The Kier molecular flexibility index (Phi) is 6.18. The van der Waals surface area contributed by atoms with Crippen LogP contribution in [-0.4, -0.2) is 35.7 Å². The maximum Gasteiger partial charge on any atom is 0.239 e. The van der Waals surface area contributed by atoms with Crippen LogP contribution in [0.1, 0.15) is 31.2 Å². The number of carbonyl (C=O) groups excluding carboxylic acids is 3. The van der Waals surface area contributed by atoms with Gasteiger partial charge in [-0.25, -0.2) is 0 Å². The number of rotatable bonds is 5. The minimum atomic E-state index is -0.704. The van der Waals surface area contributed by atoms with Crippen molar-refractivity contribution in [2.24, 2.45) is 5.92 Å². The molecule has 0 aromatic heterocycles. The van der Waals surface area contributed by atoms with E-state index in [1.807, 2.05) is 53.4 Å². The van der Waals surface area contributed by atoms with E-state index in [1.54, 1.807) is 4.90 Å². The van der Waals surface area contributed by atoms with Gasteiger partial charge in [0.1, 0.15) is 5.92 Å². The van der Waals surface area contributed by atoms with Crippen molar-refractivity contribution < 1.29 is 14.4 Å². The highest BCUT2D eigenvalue weighted by atomic mass is 79.9. The number of piperidine rings is 1. The first kappa shape index (κ1) is 20.6. The zero-order chi connectivity index (χ0) is 21.1. The zero-order valence-electron chi connectivity index (χ0n) is 16.6. The van der Waals surface area contributed by atoms with E-state index in [2.05, 4.69) is 21.2 Å². The number of nitrogens with one attached hydrogen (secondary N) is 1. The molecule has 7 heteroatoms. The average molecular weight is 470 g/mol. The van der Waals surface area contributed by atoms with E-state index in [0.717, 1.165) is 35.1 Å². The van der Waals surface area contributed by atoms with Gasteiger partial charge in [-0.1, -0.05) is 24.3 Å². The summed E-state index contributed by atoms with van der Waals surface area (Å²) in [6.45, 7) is 1.83. The minimum absolute atomic E-state index is 0.180. The van der Waals surface area contributed by atoms with Crippen molar-refractivity contribution in [3.05, 3.63) is 58.6 Å². The second-order valence-corrected chi connectivity index (χ2v) is 8.60. The van der Waals surface area contributed by atoms with E-state index in [4.69, 9.17) is 0 Å². The molecule has 3 amide bonds. The molecular formula is C23H24BrN3O3. The lowest BCUT2D eigenvalue weighted by Crippen LogP contribution is -2.34. The molecule has 2 heterocycles. The fourth-order valence-electron chi connectivity index (χ4n) is 4.06. The van der Waals surface area contributed by atoms with Crippen molar-refractivity contribution in [1.29, 1.82) is 0 Å². The summed E-state index contributed by atoms with van der Waals surface area (Å²) in [5.41, 5.74) is 2.40. The van der Waals surface area contributed by atoms with Crippen LogP contribution in [0.5, 0.6) is 0 Å². The second kappa shape index (κ2) is 9.00. The Bertz CT molecular complexity index is 978. The summed E-state index contributed by atoms with van der Waals surface area (Å²) in [5, 5.41) is 2.89. The van der Waals surface area contributed by atoms with Crippen molar-refractivity contribution in [2.75, 3.05) is 23.3 Å². The van der Waals surface area contributed by atoms with Crippen LogP contribution in [0.4, 0.5) is 11.4 Å². The first-order valence-corrected chi connectivity index (χ1v) is 11.1. The molecule has 2 aliphatic rings. The molecule has 156 valence electrons. The summed E-state index contributed by atoms with van der Waals surface area (Å²) in [6, 6.07) is 15.0. The molecule has 0 spiro atoms. The van der Waals surface area contributed by atoms with E-state index in [9.17, 15) is 14.4 Å². The van der Waals surface area contributed by atoms with Crippen LogP contribution in [0.3, 0.4) is 0 Å². The molecular weight excluding hydrogens is 446 g/mol. The van der Waals surface area contributed by atoms with Crippen molar-refractivity contribution >= 4 is 45.0 Å². The Morgan fingerprint density at radius 2 is 1.90 bits per heavy atom. The number of anilines is 2. The lowest BCUT2D eigenvalue weighted by atomic mass is 10.1. The molecule has 0 aliphatic carbocycles. The number of nitrogens with zero attached hydrogens (tertiary/aromatic N) is 2. The van der Waals surface area contributed by atoms with Gasteiger partial charge in [0.15, 0.2) is 0 Å². The molecule has 2 aliphatic heterocycles. The maximum atomic E-state index is 12.9. The maximum absolute atomic E-state index is 12.9. The second-order valence-electron chi connectivity index (χ2n) is 7.74. The topological polar surface area (TPSA) is 69.7 Å². The molecule has 2 fully saturated rings. The summed E-state index contributed by atoms with van der Waals surface area (Å²) in [5.74, 6) is -1.00. The molecule has 2 saturated heterocycles. The average Bonchev–Trinajstić information content (AvgIpc) is 3.12. The van der Waals surface area contributed by atoms with Crippen LogP contribution < -0.4 is 10.2 Å². The van der Waals surface area contributed by atoms with Gasteiger partial charge in [-0.2, -0.15) is 0 Å². The van der Waals surface area contributed by atoms with Gasteiger partial charge in [-0.3, -0.25) is 14.4 Å². The Labute approximate surface area is 184 Å². The monoisotopic (exact) mass is 469 g/mol. The summed E-state index contributed by atoms with van der Waals surface area (Å²) in [4.78, 5) is 41.2. The molecule has 2 aromatic rings. The van der Waals surface area contributed by atoms with Crippen LogP contribution in [0.2, 0.25) is 0 Å². The smallest absolute Gasteiger partial charge is 0.239 e. The standard InChI is InChI=1S/C23H24BrN3O3/c24-19-8-1-2-9-20(19)27-13-11-18(23(27)30)22(29)25-17-7-5-6-16(14-17)15-26-12-4-3-10-21(26)28/h1-2,5-9,14,18H,3-4,10-13,15H2,(H,25,29). The third kappa shape index (κ3) is 4.41. The zero-order valence-corrected chi connectivity index (χ0v) is 18.2. The fraction of sp³-hybridized carbons (Fsp3) is 0.348. The Hall–Kier alpha value is -2.67. The van der Waals surface area contributed by atoms with Gasteiger partial charge in [-0.05, 0) is 65.0 Å². The van der Waals surface area contributed by atoms with Crippen molar-refractivity contribution in [2.45, 2.75) is 32.2 Å². The van der Waals surface area contributed by atoms with E-state index in [0.29, 0.717) is 31.6 Å². The van der Waals surface area contributed by atoms with Gasteiger partial charge in [0.05, 0.1) is 5.69 Å². The first-order valence-electron chi connectivity index (χ1n) is 10.3. The first-order chi connectivity index (χ1) is 14.5. The highest BCUT2D eigenvalue weighted by molar-refractivity contribution is 9.10. The lowest BCUT2D eigenvalue weighted by Gasteiger charge is -2.27. The highest BCUT2D eigenvalue weighted by Gasteiger charge is 2.38. The molecule has 1 unspecified atom stereocenters. The number of benzene rings is 2. The summed E-state index contributed by atoms with van der Waals surface area (Å²) >= 11 is 3.47. The Balaban J connectivity index is 1.41. The molecule has 0 saturated carbocycles. The molecule has 30 heavy (non-hydrogen) atoms. The van der Waals surface area contributed by atoms with Crippen LogP contribution in [0.15, 0.2) is 53.0 Å². The van der Waals surface area contributed by atoms with Crippen molar-refractivity contribution in [3.8, 4) is 0 Å². The number of amides is 3. The molecule has 1 atom stereocenters. The van der Waals surface area contributed by atoms with Crippen LogP contribution in [0, 0.1) is 5.92 Å². The third-order valence-electron chi connectivity index (χ3n) is 5.65. The van der Waals surface area contributed by atoms with Gasteiger partial charge in [0.2, 0.25) is 17.7 Å². The van der Waals surface area contributed by atoms with E-state index < -0.39 is 5.92 Å². The Morgan fingerprint density at radius 3 is 2.70 bits per heavy atom. The normalized spacial score (nSPS) is 19.3. The third-order valence-corrected chi connectivity index (χ3v) is 6.33. The number of carbonyl (C=O) groups is 3. The summed E-state index contributed by atoms with van der Waals surface area (Å²) in [6.07, 6.45) is 3.07. The van der Waals surface area contributed by atoms with E-state index >= 15 is 0 Å². The predicted molar refractivity (Wildman–Crippen MR) is 119 cm³/mol. The van der Waals surface area contributed by atoms with Gasteiger partial charge in [0, 0.05) is 36.2 Å². The summed E-state index contributed by atoms with van der Waals surface area (Å²) in [7, 11) is 0. The molecule has 2 aromatic carbocycles. The van der Waals surface area contributed by atoms with Crippen LogP contribution in [0.25, 0.3) is 0 Å². The number of halogens is 1. The number of likely N-dealkylation sites (tertiary alicyclic amines) is 1. The van der Waals surface area contributed by atoms with Gasteiger partial charge in [-0.15, -0.1) is 0 Å². The van der Waals surface area contributed by atoms with Crippen molar-refractivity contribution in [1.82, 2.24) is 4.90 Å². The number of hydrogen-bond acceptors (Lipinski definition) is 3. The number of para-hydroxylation sites is 1. The van der Waals surface area contributed by atoms with Crippen LogP contribution >= 0.6 is 15.9 Å². The van der Waals surface area contributed by atoms with Gasteiger partial charge in [0.25, 0.3) is 0 Å². The van der Waals surface area contributed by atoms with E-state index in [-0.39, 0.29) is 17.7 Å². The summed E-state index contributed by atoms with van der Waals surface area (Å²) < 4.78 is 0.833. The minimum Gasteiger partial charge on any atom is -0.338 e. The quantitative estimate of drug-likeness (QED) is 0.673. The molecule has 4 rings (SSSR count). The molecule has 6 nitrogen and oxygen atoms in total. The highest BCUT2D eigenvalue weighted by Crippen LogP contribution is 2.32. The molecule has 0 bridgehead atoms. The van der Waals surface area contributed by atoms with Gasteiger partial charge < -0.3 is 15.1 Å². The molecule has 0 radical (unpaired) electrons. The molecule has 1 N–H and O–H groups in total. The van der Waals surface area contributed by atoms with Gasteiger partial charge >= 0.3 is 0 Å². The van der Waals surface area contributed by atoms with E-state index in [1.165, 1.54) is 0 Å².